The molecule has 0 unspecified atom stereocenters. The van der Waals surface area contributed by atoms with Crippen molar-refractivity contribution >= 4 is 23.1 Å². The number of morpholine rings is 1. The molecule has 6 rings (SSSR count). The van der Waals surface area contributed by atoms with Gasteiger partial charge in [-0.1, -0.05) is 0 Å². The van der Waals surface area contributed by atoms with Crippen molar-refractivity contribution in [2.45, 2.75) is 13.1 Å². The van der Waals surface area contributed by atoms with Gasteiger partial charge in [0.2, 0.25) is 0 Å². The maximum absolute atomic E-state index is 15.1. The zero-order chi connectivity index (χ0) is 32.8. The third-order valence-corrected chi connectivity index (χ3v) is 7.61. The Morgan fingerprint density at radius 2 is 1.76 bits per heavy atom. The van der Waals surface area contributed by atoms with Gasteiger partial charge in [0.15, 0.2) is 0 Å². The minimum absolute atomic E-state index is 0.0210. The third-order valence-electron chi connectivity index (χ3n) is 7.61. The van der Waals surface area contributed by atoms with Crippen LogP contribution in [0.3, 0.4) is 0 Å². The summed E-state index contributed by atoms with van der Waals surface area (Å²) in [5.41, 5.74) is 6.52. The van der Waals surface area contributed by atoms with Gasteiger partial charge in [0.05, 0.1) is 92.2 Å². The summed E-state index contributed by atoms with van der Waals surface area (Å²) in [4.78, 5) is 26.6. The van der Waals surface area contributed by atoms with Gasteiger partial charge in [0, 0.05) is 24.7 Å². The van der Waals surface area contributed by atoms with Gasteiger partial charge in [-0.15, -0.1) is 0 Å². The van der Waals surface area contributed by atoms with E-state index in [1.807, 2.05) is 12.1 Å². The first kappa shape index (κ1) is 32.1. The monoisotopic (exact) mass is 629 g/mol. The molecule has 0 atom stereocenters. The van der Waals surface area contributed by atoms with Crippen molar-refractivity contribution in [3.63, 3.8) is 0 Å². The molecule has 0 saturated carbocycles. The second-order valence-electron chi connectivity index (χ2n) is 10.3. The normalized spacial score (nSPS) is 13.8. The lowest BCUT2D eigenvalue weighted by Gasteiger charge is -2.28. The van der Waals surface area contributed by atoms with Crippen LogP contribution >= 0.6 is 0 Å². The molecule has 11 nitrogen and oxygen atoms in total. The highest BCUT2D eigenvalue weighted by atomic mass is 19.1. The van der Waals surface area contributed by atoms with Crippen LogP contribution in [0.5, 0.6) is 11.5 Å². The summed E-state index contributed by atoms with van der Waals surface area (Å²) in [6.45, 7) is 3.06. The molecule has 2 aliphatic heterocycles. The van der Waals surface area contributed by atoms with Crippen molar-refractivity contribution in [3.8, 4) is 28.8 Å². The van der Waals surface area contributed by atoms with E-state index in [-0.39, 0.29) is 35.8 Å². The van der Waals surface area contributed by atoms with E-state index in [0.717, 1.165) is 36.5 Å². The average Bonchev–Trinajstić information content (AvgIpc) is 3.40. The molecule has 4 aromatic rings. The first-order valence-corrected chi connectivity index (χ1v) is 14.5. The van der Waals surface area contributed by atoms with E-state index in [1.54, 1.807) is 42.5 Å². The molecule has 0 radical (unpaired) electrons. The zero-order valence-electron chi connectivity index (χ0n) is 25.6. The van der Waals surface area contributed by atoms with E-state index < -0.39 is 17.2 Å². The zero-order valence-corrected chi connectivity index (χ0v) is 25.6. The summed E-state index contributed by atoms with van der Waals surface area (Å²) >= 11 is 0. The SMILES string of the molecule is CN.COc1ccc(CN2Cc3nc(-c4c(F)cc(C#N)cc4F)cc(Nc4ccc(N5CCOCC5)cn4)c3C2=O)c(OC)c1. The maximum Gasteiger partial charge on any atom is 0.258 e. The summed E-state index contributed by atoms with van der Waals surface area (Å²) in [6, 6.07) is 14.1. The van der Waals surface area contributed by atoms with E-state index in [2.05, 4.69) is 25.9 Å². The van der Waals surface area contributed by atoms with Crippen LogP contribution in [0.2, 0.25) is 0 Å². The molecule has 4 heterocycles. The van der Waals surface area contributed by atoms with Crippen LogP contribution in [0.4, 0.5) is 26.0 Å². The molecule has 1 fully saturated rings. The van der Waals surface area contributed by atoms with Gasteiger partial charge in [0.1, 0.15) is 29.0 Å². The molecular weight excluding hydrogens is 596 g/mol. The molecule has 13 heteroatoms. The minimum Gasteiger partial charge on any atom is -0.497 e. The van der Waals surface area contributed by atoms with Gasteiger partial charge < -0.3 is 35.1 Å². The standard InChI is InChI=1S/C32H28F2N6O4.CH5N/c1-42-22-5-3-20(28(13-22)43-2)17-40-18-27-31(32(40)41)26(14-25(37-27)30-23(33)11-19(15-35)12-24(30)34)38-29-6-4-21(16-36-29)39-7-9-44-10-8-39;1-2/h3-6,11-14,16H,7-10,17-18H2,1-2H3,(H,36,37,38);2H2,1H3. The van der Waals surface area contributed by atoms with Crippen molar-refractivity contribution in [3.05, 3.63) is 88.7 Å². The van der Waals surface area contributed by atoms with Gasteiger partial charge in [0.25, 0.3) is 5.91 Å². The van der Waals surface area contributed by atoms with E-state index in [1.165, 1.54) is 20.2 Å². The summed E-state index contributed by atoms with van der Waals surface area (Å²) in [6.07, 6.45) is 1.72. The molecule has 0 bridgehead atoms. The lowest BCUT2D eigenvalue weighted by molar-refractivity contribution is 0.0766. The van der Waals surface area contributed by atoms with Gasteiger partial charge in [-0.3, -0.25) is 4.79 Å². The molecule has 1 amide bonds. The number of nitrogens with zero attached hydrogens (tertiary/aromatic N) is 5. The smallest absolute Gasteiger partial charge is 0.258 e. The quantitative estimate of drug-likeness (QED) is 0.284. The summed E-state index contributed by atoms with van der Waals surface area (Å²) in [7, 11) is 4.59. The Bertz CT molecular complexity index is 1750. The number of carbonyl (C=O) groups is 1. The number of amides is 1. The fourth-order valence-electron chi connectivity index (χ4n) is 5.39. The molecular formula is C33H33F2N7O4. The van der Waals surface area contributed by atoms with Crippen LogP contribution in [0.1, 0.15) is 27.2 Å². The first-order valence-electron chi connectivity index (χ1n) is 14.5. The van der Waals surface area contributed by atoms with Crippen molar-refractivity contribution in [1.82, 2.24) is 14.9 Å². The number of nitrogens with two attached hydrogens (primary N) is 1. The van der Waals surface area contributed by atoms with Crippen molar-refractivity contribution in [2.24, 2.45) is 5.73 Å². The topological polar surface area (TPSA) is 139 Å². The number of nitrogens with one attached hydrogen (secondary N) is 1. The molecule has 2 aromatic heterocycles. The fraction of sp³-hybridized carbons (Fsp3) is 0.273. The number of hydrogen-bond donors (Lipinski definition) is 2. The van der Waals surface area contributed by atoms with Gasteiger partial charge in [-0.2, -0.15) is 5.26 Å². The number of methoxy groups -OCH3 is 2. The highest BCUT2D eigenvalue weighted by Gasteiger charge is 2.34. The fourth-order valence-corrected chi connectivity index (χ4v) is 5.39. The molecule has 0 spiro atoms. The molecule has 2 aliphatic rings. The number of nitriles is 1. The Balaban J connectivity index is 0.00000204. The van der Waals surface area contributed by atoms with Gasteiger partial charge in [-0.05, 0) is 49.5 Å². The number of aromatic nitrogens is 2. The number of rotatable bonds is 8. The first-order chi connectivity index (χ1) is 22.4. The molecule has 1 saturated heterocycles. The number of carbonyl (C=O) groups excluding carboxylic acids is 1. The number of anilines is 3. The van der Waals surface area contributed by atoms with Crippen LogP contribution in [0.15, 0.2) is 54.7 Å². The predicted octanol–water partition coefficient (Wildman–Crippen LogP) is 4.62. The Hall–Kier alpha value is -5.32. The largest absolute Gasteiger partial charge is 0.497 e. The Labute approximate surface area is 265 Å². The van der Waals surface area contributed by atoms with E-state index in [9.17, 15) is 4.79 Å². The highest BCUT2D eigenvalue weighted by molar-refractivity contribution is 6.04. The number of benzene rings is 2. The lowest BCUT2D eigenvalue weighted by Crippen LogP contribution is -2.36. The third kappa shape index (κ3) is 6.53. The Morgan fingerprint density at radius 1 is 1.02 bits per heavy atom. The van der Waals surface area contributed by atoms with E-state index in [4.69, 9.17) is 19.5 Å². The molecule has 3 N–H and O–H groups in total. The van der Waals surface area contributed by atoms with Gasteiger partial charge >= 0.3 is 0 Å². The van der Waals surface area contributed by atoms with Crippen LogP contribution < -0.4 is 25.4 Å². The lowest BCUT2D eigenvalue weighted by atomic mass is 10.0. The van der Waals surface area contributed by atoms with Crippen molar-refractivity contribution in [1.29, 1.82) is 5.26 Å². The van der Waals surface area contributed by atoms with Crippen molar-refractivity contribution in [2.75, 3.05) is 57.8 Å². The van der Waals surface area contributed by atoms with Crippen molar-refractivity contribution < 1.29 is 27.8 Å². The number of fused-ring (bicyclic) bond motifs is 1. The second kappa shape index (κ2) is 14.2. The van der Waals surface area contributed by atoms with E-state index >= 15 is 8.78 Å². The molecule has 0 aliphatic carbocycles. The van der Waals surface area contributed by atoms with Crippen LogP contribution in [0.25, 0.3) is 11.3 Å². The second-order valence-corrected chi connectivity index (χ2v) is 10.3. The summed E-state index contributed by atoms with van der Waals surface area (Å²) in [5, 5.41) is 12.3. The molecule has 46 heavy (non-hydrogen) atoms. The Kier molecular flexibility index (Phi) is 9.90. The van der Waals surface area contributed by atoms with E-state index in [0.29, 0.717) is 41.9 Å². The average molecular weight is 630 g/mol. The number of halogens is 2. The molecule has 2 aromatic carbocycles. The molecule has 238 valence electrons. The van der Waals surface area contributed by atoms with Crippen LogP contribution in [-0.4, -0.2) is 68.3 Å². The van der Waals surface area contributed by atoms with Crippen LogP contribution in [-0.2, 0) is 17.8 Å². The summed E-state index contributed by atoms with van der Waals surface area (Å²) in [5.74, 6) is -0.589. The summed E-state index contributed by atoms with van der Waals surface area (Å²) < 4.78 is 46.5. The predicted molar refractivity (Wildman–Crippen MR) is 168 cm³/mol. The van der Waals surface area contributed by atoms with Gasteiger partial charge in [-0.25, -0.2) is 18.7 Å². The minimum atomic E-state index is -0.933. The Morgan fingerprint density at radius 3 is 2.39 bits per heavy atom. The number of hydrogen-bond acceptors (Lipinski definition) is 10. The highest BCUT2D eigenvalue weighted by Crippen LogP contribution is 2.37. The van der Waals surface area contributed by atoms with Crippen LogP contribution in [0, 0.1) is 23.0 Å². The maximum atomic E-state index is 15.1. The number of ether oxygens (including phenoxy) is 3. The number of pyridine rings is 2.